The predicted molar refractivity (Wildman–Crippen MR) is 133 cm³/mol. The molecule has 1 aliphatic heterocycles. The highest BCUT2D eigenvalue weighted by molar-refractivity contribution is 7.89. The number of hydrogen-bond donors (Lipinski definition) is 2. The second-order valence-electron chi connectivity index (χ2n) is 9.14. The van der Waals surface area contributed by atoms with E-state index in [2.05, 4.69) is 15.2 Å². The third-order valence-corrected chi connectivity index (χ3v) is 8.63. The minimum Gasteiger partial charge on any atom is -0.493 e. The van der Waals surface area contributed by atoms with Gasteiger partial charge in [0.2, 0.25) is 10.0 Å². The summed E-state index contributed by atoms with van der Waals surface area (Å²) in [5, 5.41) is 19.2. The van der Waals surface area contributed by atoms with Crippen molar-refractivity contribution in [2.45, 2.75) is 63.9 Å². The first-order valence-electron chi connectivity index (χ1n) is 12.5. The predicted octanol–water partition coefficient (Wildman–Crippen LogP) is 1.43. The van der Waals surface area contributed by atoms with E-state index in [-0.39, 0.29) is 22.2 Å². The van der Waals surface area contributed by atoms with Crippen LogP contribution in [-0.4, -0.2) is 63.5 Å². The molecule has 1 atom stereocenters. The van der Waals surface area contributed by atoms with Crippen LogP contribution in [0.5, 0.6) is 5.75 Å². The average Bonchev–Trinajstić information content (AvgIpc) is 3.19. The second kappa shape index (κ2) is 10.7. The van der Waals surface area contributed by atoms with E-state index >= 15 is 0 Å². The van der Waals surface area contributed by atoms with E-state index in [4.69, 9.17) is 4.74 Å². The van der Waals surface area contributed by atoms with Gasteiger partial charge < -0.3 is 9.84 Å². The van der Waals surface area contributed by atoms with E-state index in [1.807, 2.05) is 20.8 Å². The summed E-state index contributed by atoms with van der Waals surface area (Å²) < 4.78 is 37.3. The number of fused-ring (bicyclic) bond motifs is 1. The number of aromatic nitrogens is 5. The van der Waals surface area contributed by atoms with Crippen molar-refractivity contribution in [3.8, 4) is 17.1 Å². The molecule has 2 N–H and O–H groups in total. The number of aliphatic hydroxyl groups excluding tert-OH is 1. The van der Waals surface area contributed by atoms with E-state index in [9.17, 15) is 18.3 Å². The molecule has 0 radical (unpaired) electrons. The summed E-state index contributed by atoms with van der Waals surface area (Å²) in [6.45, 7) is 6.83. The molecule has 1 fully saturated rings. The molecular formula is C24H35N6O5S+. The maximum absolute atomic E-state index is 13.5. The lowest BCUT2D eigenvalue weighted by atomic mass is 9.91. The molecule has 196 valence electrons. The number of piperidine rings is 1. The molecule has 0 spiro atoms. The van der Waals surface area contributed by atoms with Gasteiger partial charge in [0, 0.05) is 24.6 Å². The summed E-state index contributed by atoms with van der Waals surface area (Å²) in [6, 6.07) is 4.63. The summed E-state index contributed by atoms with van der Waals surface area (Å²) in [5.74, 6) is 1.37. The van der Waals surface area contributed by atoms with Gasteiger partial charge in [0.15, 0.2) is 5.82 Å². The van der Waals surface area contributed by atoms with Crippen molar-refractivity contribution >= 4 is 15.7 Å². The van der Waals surface area contributed by atoms with Crippen LogP contribution in [0.2, 0.25) is 0 Å². The molecule has 3 heterocycles. The van der Waals surface area contributed by atoms with Crippen molar-refractivity contribution in [1.29, 1.82) is 0 Å². The smallest absolute Gasteiger partial charge is 0.350 e. The number of benzene rings is 1. The molecule has 0 aliphatic carbocycles. The third kappa shape index (κ3) is 4.89. The van der Waals surface area contributed by atoms with Gasteiger partial charge in [0.05, 0.1) is 30.2 Å². The van der Waals surface area contributed by atoms with Gasteiger partial charge in [-0.1, -0.05) is 23.5 Å². The van der Waals surface area contributed by atoms with Crippen molar-refractivity contribution in [1.82, 2.24) is 24.2 Å². The molecule has 1 saturated heterocycles. The Morgan fingerprint density at radius 1 is 1.25 bits per heavy atom. The lowest BCUT2D eigenvalue weighted by Gasteiger charge is -2.33. The van der Waals surface area contributed by atoms with Crippen LogP contribution in [0.3, 0.4) is 0 Å². The number of H-pyrrole nitrogens is 1. The van der Waals surface area contributed by atoms with Crippen LogP contribution in [0.25, 0.3) is 17.0 Å². The number of rotatable bonds is 9. The maximum Gasteiger partial charge on any atom is 0.350 e. The Hall–Kier alpha value is -2.83. The van der Waals surface area contributed by atoms with Crippen LogP contribution in [0, 0.1) is 5.92 Å². The van der Waals surface area contributed by atoms with Gasteiger partial charge >= 0.3 is 17.0 Å². The van der Waals surface area contributed by atoms with Crippen molar-refractivity contribution in [3.05, 3.63) is 34.4 Å². The van der Waals surface area contributed by atoms with Crippen molar-refractivity contribution < 1.29 is 22.8 Å². The van der Waals surface area contributed by atoms with Crippen molar-refractivity contribution in [3.63, 3.8) is 0 Å². The first kappa shape index (κ1) is 26.2. The van der Waals surface area contributed by atoms with Gasteiger partial charge in [-0.05, 0) is 56.7 Å². The third-order valence-electron chi connectivity index (χ3n) is 6.73. The number of nitrogens with zero attached hydrogens (tertiary/aromatic N) is 5. The molecule has 4 rings (SSSR count). The lowest BCUT2D eigenvalue weighted by Crippen LogP contribution is -2.41. The number of aliphatic hydroxyl groups is 1. The van der Waals surface area contributed by atoms with E-state index < -0.39 is 16.1 Å². The summed E-state index contributed by atoms with van der Waals surface area (Å²) in [5.41, 5.74) is 0.290. The molecular weight excluding hydrogens is 484 g/mol. The Balaban J connectivity index is 1.76. The number of aromatic amines is 1. The number of hydrogen-bond acceptors (Lipinski definition) is 7. The van der Waals surface area contributed by atoms with Crippen LogP contribution in [0.15, 0.2) is 27.9 Å². The van der Waals surface area contributed by atoms with Gasteiger partial charge in [0.25, 0.3) is 0 Å². The maximum atomic E-state index is 13.5. The zero-order valence-corrected chi connectivity index (χ0v) is 22.1. The lowest BCUT2D eigenvalue weighted by molar-refractivity contribution is -0.590. The fourth-order valence-corrected chi connectivity index (χ4v) is 6.28. The summed E-state index contributed by atoms with van der Waals surface area (Å²) in [6.07, 6.45) is 2.93. The molecule has 0 bridgehead atoms. The van der Waals surface area contributed by atoms with Gasteiger partial charge in [-0.2, -0.15) is 4.31 Å². The largest absolute Gasteiger partial charge is 0.493 e. The molecule has 0 saturated carbocycles. The Morgan fingerprint density at radius 3 is 2.61 bits per heavy atom. The summed E-state index contributed by atoms with van der Waals surface area (Å²) >= 11 is 0. The molecule has 0 amide bonds. The molecule has 1 aromatic carbocycles. The quantitative estimate of drug-likeness (QED) is 0.409. The average molecular weight is 520 g/mol. The molecule has 0 unspecified atom stereocenters. The Bertz CT molecular complexity index is 1390. The van der Waals surface area contributed by atoms with Crippen molar-refractivity contribution in [2.24, 2.45) is 13.0 Å². The van der Waals surface area contributed by atoms with E-state index in [1.54, 1.807) is 13.1 Å². The SMILES string of the molecule is CCCc1nn(C)c2c(=O)[nH]c(-c3cc(S(=O)(=O)N4CCC([C@@H](O)CC)CC4)ccc3OCC)n[n+]12. The number of aryl methyl sites for hydroxylation is 2. The standard InChI is InChI=1S/C24H34N6O5S/c1-5-8-21-26-28(4)24-23(32)25-22(27-30(21)24)18-15-17(9-10-20(18)35-7-3)36(33,34)29-13-11-16(12-14-29)19(31)6-2/h9-10,15-16,19,31H,5-8,11-14H2,1-4H3/p+1/t19-/m0/s1. The van der Waals surface area contributed by atoms with Crippen molar-refractivity contribution in [2.75, 3.05) is 19.7 Å². The Labute approximate surface area is 210 Å². The van der Waals surface area contributed by atoms with Crippen LogP contribution in [0.4, 0.5) is 0 Å². The fourth-order valence-electron chi connectivity index (χ4n) is 4.78. The normalized spacial score (nSPS) is 16.5. The highest BCUT2D eigenvalue weighted by atomic mass is 32.2. The van der Waals surface area contributed by atoms with Gasteiger partial charge in [-0.3, -0.25) is 9.78 Å². The Morgan fingerprint density at radius 2 is 1.97 bits per heavy atom. The molecule has 12 heteroatoms. The van der Waals surface area contributed by atoms with E-state index in [0.29, 0.717) is 68.2 Å². The monoisotopic (exact) mass is 519 g/mol. The number of nitrogens with one attached hydrogen (secondary N) is 1. The molecule has 3 aromatic rings. The number of sulfonamides is 1. The summed E-state index contributed by atoms with van der Waals surface area (Å²) in [4.78, 5) is 15.8. The second-order valence-corrected chi connectivity index (χ2v) is 11.1. The van der Waals surface area contributed by atoms with Crippen LogP contribution >= 0.6 is 0 Å². The van der Waals surface area contributed by atoms with E-state index in [0.717, 1.165) is 6.42 Å². The van der Waals surface area contributed by atoms with Crippen LogP contribution in [0.1, 0.15) is 52.3 Å². The van der Waals surface area contributed by atoms with Crippen LogP contribution in [-0.2, 0) is 23.5 Å². The zero-order valence-electron chi connectivity index (χ0n) is 21.3. The summed E-state index contributed by atoms with van der Waals surface area (Å²) in [7, 11) is -2.11. The highest BCUT2D eigenvalue weighted by Gasteiger charge is 2.32. The number of ether oxygens (including phenoxy) is 1. The minimum atomic E-state index is -3.79. The van der Waals surface area contributed by atoms with Gasteiger partial charge in [-0.25, -0.2) is 8.42 Å². The van der Waals surface area contributed by atoms with E-state index in [1.165, 1.54) is 25.6 Å². The first-order chi connectivity index (χ1) is 17.2. The topological polar surface area (TPSA) is 135 Å². The van der Waals surface area contributed by atoms with Gasteiger partial charge in [0.1, 0.15) is 5.75 Å². The molecule has 11 nitrogen and oxygen atoms in total. The highest BCUT2D eigenvalue weighted by Crippen LogP contribution is 2.32. The molecule has 36 heavy (non-hydrogen) atoms. The van der Waals surface area contributed by atoms with Crippen LogP contribution < -0.4 is 14.8 Å². The first-order valence-corrected chi connectivity index (χ1v) is 14.0. The molecule has 2 aromatic heterocycles. The Kier molecular flexibility index (Phi) is 7.76. The minimum absolute atomic E-state index is 0.100. The van der Waals surface area contributed by atoms with Gasteiger partial charge in [-0.15, -0.1) is 4.68 Å². The molecule has 1 aliphatic rings. The fraction of sp³-hybridized carbons (Fsp3) is 0.583. The zero-order chi connectivity index (χ0) is 26.0.